The van der Waals surface area contributed by atoms with E-state index in [0.29, 0.717) is 44.2 Å². The summed E-state index contributed by atoms with van der Waals surface area (Å²) in [7, 11) is 1.57. The van der Waals surface area contributed by atoms with E-state index in [1.54, 1.807) is 13.2 Å². The molecular formula is C28H33F4N3O3. The first-order valence-corrected chi connectivity index (χ1v) is 12.7. The predicted octanol–water partition coefficient (Wildman–Crippen LogP) is 6.35. The number of hydrogen-bond acceptors (Lipinski definition) is 4. The van der Waals surface area contributed by atoms with Crippen LogP contribution in [-0.2, 0) is 17.5 Å². The van der Waals surface area contributed by atoms with E-state index in [0.717, 1.165) is 41.4 Å². The molecule has 1 atom stereocenters. The van der Waals surface area contributed by atoms with Crippen molar-refractivity contribution in [3.63, 3.8) is 0 Å². The van der Waals surface area contributed by atoms with E-state index in [2.05, 4.69) is 17.3 Å². The number of carbonyl (C=O) groups is 2. The Morgan fingerprint density at radius 2 is 1.87 bits per heavy atom. The number of Topliss-reactive ketones (excluding diaryl/α,β-unsaturated/α-hetero) is 1. The number of amides is 1. The third-order valence-corrected chi connectivity index (χ3v) is 6.60. The second-order valence-corrected chi connectivity index (χ2v) is 9.43. The number of aryl methyl sites for hydroxylation is 1. The molecule has 3 rings (SSSR count). The van der Waals surface area contributed by atoms with Crippen LogP contribution in [0.25, 0.3) is 10.9 Å². The van der Waals surface area contributed by atoms with Gasteiger partial charge in [-0.25, -0.2) is 4.39 Å². The molecule has 0 saturated heterocycles. The van der Waals surface area contributed by atoms with Crippen LogP contribution in [0.5, 0.6) is 0 Å². The van der Waals surface area contributed by atoms with Crippen molar-refractivity contribution in [3.8, 4) is 0 Å². The Kier molecular flexibility index (Phi) is 10.0. The maximum absolute atomic E-state index is 14.2. The van der Waals surface area contributed by atoms with Gasteiger partial charge in [-0.05, 0) is 68.0 Å². The molecular weight excluding hydrogens is 502 g/mol. The van der Waals surface area contributed by atoms with E-state index in [1.165, 1.54) is 0 Å². The molecule has 1 heterocycles. The topological polar surface area (TPSA) is 73.2 Å². The molecule has 0 spiro atoms. The molecule has 0 radical (unpaired) electrons. The molecule has 6 nitrogen and oxygen atoms in total. The van der Waals surface area contributed by atoms with Gasteiger partial charge in [0.2, 0.25) is 0 Å². The van der Waals surface area contributed by atoms with Crippen LogP contribution in [0.2, 0.25) is 0 Å². The molecule has 3 aromatic rings. The maximum Gasteiger partial charge on any atom is 0.416 e. The number of methoxy groups -OCH3 is 1. The molecule has 0 aliphatic heterocycles. The van der Waals surface area contributed by atoms with E-state index < -0.39 is 23.3 Å². The van der Waals surface area contributed by atoms with Crippen molar-refractivity contribution in [2.75, 3.05) is 20.3 Å². The number of carbonyl (C=O) groups excluding carboxylic acids is 2. The zero-order chi connectivity index (χ0) is 27.9. The highest BCUT2D eigenvalue weighted by Gasteiger charge is 2.31. The number of benzene rings is 2. The predicted molar refractivity (Wildman–Crippen MR) is 137 cm³/mol. The van der Waals surface area contributed by atoms with Gasteiger partial charge in [0.15, 0.2) is 5.78 Å². The third-order valence-electron chi connectivity index (χ3n) is 6.60. The zero-order valence-electron chi connectivity index (χ0n) is 21.8. The van der Waals surface area contributed by atoms with E-state index in [-0.39, 0.29) is 23.8 Å². The lowest BCUT2D eigenvalue weighted by Gasteiger charge is -2.16. The zero-order valence-corrected chi connectivity index (χ0v) is 21.8. The fourth-order valence-corrected chi connectivity index (χ4v) is 4.59. The van der Waals surface area contributed by atoms with Gasteiger partial charge in [-0.15, -0.1) is 0 Å². The largest absolute Gasteiger partial charge is 0.416 e. The van der Waals surface area contributed by atoms with Crippen LogP contribution in [-0.4, -0.2) is 41.7 Å². The number of halogens is 4. The second-order valence-electron chi connectivity index (χ2n) is 9.43. The first-order chi connectivity index (χ1) is 18.0. The highest BCUT2D eigenvalue weighted by Crippen LogP contribution is 2.31. The molecule has 206 valence electrons. The van der Waals surface area contributed by atoms with Gasteiger partial charge in [0, 0.05) is 43.8 Å². The minimum atomic E-state index is -4.66. The van der Waals surface area contributed by atoms with Gasteiger partial charge in [-0.3, -0.25) is 14.3 Å². The summed E-state index contributed by atoms with van der Waals surface area (Å²) in [4.78, 5) is 25.0. The lowest BCUT2D eigenvalue weighted by Crippen LogP contribution is -2.27. The molecule has 1 unspecified atom stereocenters. The second kappa shape index (κ2) is 13.0. The van der Waals surface area contributed by atoms with Gasteiger partial charge in [0.1, 0.15) is 5.82 Å². The Morgan fingerprint density at radius 3 is 2.53 bits per heavy atom. The van der Waals surface area contributed by atoms with Crippen LogP contribution >= 0.6 is 0 Å². The first-order valence-electron chi connectivity index (χ1n) is 12.7. The fourth-order valence-electron chi connectivity index (χ4n) is 4.59. The van der Waals surface area contributed by atoms with Gasteiger partial charge in [-0.1, -0.05) is 13.3 Å². The number of ketones is 1. The molecule has 38 heavy (non-hydrogen) atoms. The number of aromatic nitrogens is 2. The molecule has 0 aliphatic carbocycles. The van der Waals surface area contributed by atoms with Crippen LogP contribution in [0.15, 0.2) is 36.5 Å². The Balaban J connectivity index is 1.63. The minimum Gasteiger partial charge on any atom is -0.383 e. The van der Waals surface area contributed by atoms with Gasteiger partial charge >= 0.3 is 6.18 Å². The number of hydrogen-bond donors (Lipinski definition) is 1. The number of fused-ring (bicyclic) bond motifs is 1. The maximum atomic E-state index is 14.2. The van der Waals surface area contributed by atoms with Crippen molar-refractivity contribution in [3.05, 3.63) is 64.6 Å². The summed E-state index contributed by atoms with van der Waals surface area (Å²) in [6.07, 6.45) is 0.290. The summed E-state index contributed by atoms with van der Waals surface area (Å²) in [5.74, 6) is -1.63. The Hall–Kier alpha value is -3.27. The minimum absolute atomic E-state index is 0.0459. The summed E-state index contributed by atoms with van der Waals surface area (Å²) >= 11 is 0. The summed E-state index contributed by atoms with van der Waals surface area (Å²) in [6, 6.07) is 5.58. The van der Waals surface area contributed by atoms with Crippen LogP contribution in [0.4, 0.5) is 17.6 Å². The average Bonchev–Trinajstić information content (AvgIpc) is 3.27. The van der Waals surface area contributed by atoms with Crippen molar-refractivity contribution in [1.29, 1.82) is 0 Å². The Labute approximate surface area is 219 Å². The smallest absolute Gasteiger partial charge is 0.383 e. The summed E-state index contributed by atoms with van der Waals surface area (Å²) in [5.41, 5.74) is 0.752. The molecule has 1 aromatic heterocycles. The van der Waals surface area contributed by atoms with Crippen molar-refractivity contribution in [2.45, 2.75) is 58.7 Å². The van der Waals surface area contributed by atoms with Crippen LogP contribution in [0.1, 0.15) is 70.9 Å². The number of alkyl halides is 3. The highest BCUT2D eigenvalue weighted by molar-refractivity contribution is 6.00. The van der Waals surface area contributed by atoms with E-state index in [1.807, 2.05) is 23.9 Å². The summed E-state index contributed by atoms with van der Waals surface area (Å²) in [5, 5.41) is 8.37. The summed E-state index contributed by atoms with van der Waals surface area (Å²) < 4.78 is 59.3. The Bertz CT molecular complexity index is 1270. The number of nitrogens with zero attached hydrogens (tertiary/aromatic N) is 2. The van der Waals surface area contributed by atoms with Gasteiger partial charge in [0.25, 0.3) is 5.91 Å². The van der Waals surface area contributed by atoms with Crippen LogP contribution in [0, 0.1) is 18.7 Å². The SMILES string of the molecule is CCCC(CCCC(=O)c1ccc(C(F)(F)F)cc1F)Cn1cc2c(C)c(C(=O)NCCOC)ccc2n1. The van der Waals surface area contributed by atoms with Gasteiger partial charge in [0.05, 0.1) is 23.3 Å². The standard InChI is InChI=1S/C28H33F4N3O3/c1-4-6-19(7-5-8-26(36)22-10-9-20(15-24(22)29)28(30,31)32)16-35-17-23-18(2)21(11-12-25(23)34-35)27(37)33-13-14-38-3/h9-12,15,17,19H,4-8,13-14,16H2,1-3H3,(H,33,37). The van der Waals surface area contributed by atoms with Crippen molar-refractivity contribution in [2.24, 2.45) is 5.92 Å². The molecule has 0 fully saturated rings. The number of rotatable bonds is 13. The third kappa shape index (κ3) is 7.40. The van der Waals surface area contributed by atoms with E-state index in [4.69, 9.17) is 4.74 Å². The molecule has 1 amide bonds. The Morgan fingerprint density at radius 1 is 1.13 bits per heavy atom. The van der Waals surface area contributed by atoms with Gasteiger partial charge in [-0.2, -0.15) is 18.3 Å². The average molecular weight is 536 g/mol. The van der Waals surface area contributed by atoms with E-state index in [9.17, 15) is 27.2 Å². The molecule has 0 aliphatic rings. The molecule has 2 aromatic carbocycles. The van der Waals surface area contributed by atoms with Crippen molar-refractivity contribution in [1.82, 2.24) is 15.1 Å². The van der Waals surface area contributed by atoms with Crippen LogP contribution < -0.4 is 5.32 Å². The van der Waals surface area contributed by atoms with Gasteiger partial charge < -0.3 is 10.1 Å². The first kappa shape index (κ1) is 29.3. The van der Waals surface area contributed by atoms with Crippen molar-refractivity contribution < 1.29 is 31.9 Å². The lowest BCUT2D eigenvalue weighted by molar-refractivity contribution is -0.137. The molecule has 1 N–H and O–H groups in total. The lowest BCUT2D eigenvalue weighted by atomic mass is 9.95. The van der Waals surface area contributed by atoms with Crippen LogP contribution in [0.3, 0.4) is 0 Å². The van der Waals surface area contributed by atoms with Crippen molar-refractivity contribution >= 4 is 22.6 Å². The molecule has 0 bridgehead atoms. The monoisotopic (exact) mass is 535 g/mol. The normalized spacial score (nSPS) is 12.6. The number of ether oxygens (including phenoxy) is 1. The highest BCUT2D eigenvalue weighted by atomic mass is 19.4. The summed E-state index contributed by atoms with van der Waals surface area (Å²) in [6.45, 7) is 5.40. The molecule has 0 saturated carbocycles. The number of nitrogens with one attached hydrogen (secondary N) is 1. The molecule has 10 heteroatoms. The fraction of sp³-hybridized carbons (Fsp3) is 0.464. The van der Waals surface area contributed by atoms with E-state index >= 15 is 0 Å². The quantitative estimate of drug-likeness (QED) is 0.157.